The van der Waals surface area contributed by atoms with Crippen LogP contribution in [0.25, 0.3) is 22.2 Å². The van der Waals surface area contributed by atoms with Gasteiger partial charge in [0.25, 0.3) is 0 Å². The second-order valence-corrected chi connectivity index (χ2v) is 6.73. The van der Waals surface area contributed by atoms with Crippen molar-refractivity contribution in [2.45, 2.75) is 19.5 Å². The highest BCUT2D eigenvalue weighted by Crippen LogP contribution is 2.31. The summed E-state index contributed by atoms with van der Waals surface area (Å²) in [6.07, 6.45) is 1.59. The van der Waals surface area contributed by atoms with Crippen molar-refractivity contribution in [1.82, 2.24) is 15.1 Å². The van der Waals surface area contributed by atoms with E-state index in [-0.39, 0.29) is 5.91 Å². The molecule has 2 aromatic carbocycles. The number of carbonyl (C=O) groups excluding carboxylic acids is 1. The predicted molar refractivity (Wildman–Crippen MR) is 105 cm³/mol. The molecule has 0 aliphatic carbocycles. The number of furan rings is 1. The maximum absolute atomic E-state index is 12.7. The molecule has 0 saturated carbocycles. The molecule has 1 amide bonds. The molecule has 6 heteroatoms. The van der Waals surface area contributed by atoms with Gasteiger partial charge in [-0.2, -0.15) is 5.10 Å². The molecule has 5 nitrogen and oxygen atoms in total. The van der Waals surface area contributed by atoms with Crippen LogP contribution in [0.15, 0.2) is 71.3 Å². The Labute approximate surface area is 161 Å². The summed E-state index contributed by atoms with van der Waals surface area (Å²) in [5.74, 6) is 0.572. The largest absolute Gasteiger partial charge is 0.467 e. The summed E-state index contributed by atoms with van der Waals surface area (Å²) in [5.41, 5.74) is 2.64. The topological polar surface area (TPSA) is 60.1 Å². The lowest BCUT2D eigenvalue weighted by Gasteiger charge is -2.13. The first-order valence-electron chi connectivity index (χ1n) is 8.67. The Kier molecular flexibility index (Phi) is 4.69. The summed E-state index contributed by atoms with van der Waals surface area (Å²) in [5, 5.41) is 9.18. The summed E-state index contributed by atoms with van der Waals surface area (Å²) >= 11 is 6.21. The van der Waals surface area contributed by atoms with E-state index in [9.17, 15) is 4.79 Å². The molecule has 136 valence electrons. The van der Waals surface area contributed by atoms with Crippen molar-refractivity contribution in [3.8, 4) is 11.3 Å². The number of fused-ring (bicyclic) bond motifs is 1. The van der Waals surface area contributed by atoms with Crippen molar-refractivity contribution >= 4 is 28.4 Å². The van der Waals surface area contributed by atoms with Crippen molar-refractivity contribution in [3.63, 3.8) is 0 Å². The molecular weight excluding hydrogens is 362 g/mol. The van der Waals surface area contributed by atoms with E-state index in [2.05, 4.69) is 5.32 Å². The second kappa shape index (κ2) is 7.29. The van der Waals surface area contributed by atoms with Crippen LogP contribution in [0.2, 0.25) is 5.02 Å². The zero-order valence-corrected chi connectivity index (χ0v) is 15.5. The van der Waals surface area contributed by atoms with Gasteiger partial charge in [0.05, 0.1) is 18.3 Å². The maximum atomic E-state index is 12.7. The van der Waals surface area contributed by atoms with Gasteiger partial charge >= 0.3 is 0 Å². The minimum atomic E-state index is -0.485. The third-order valence-corrected chi connectivity index (χ3v) is 4.71. The molecule has 0 bridgehead atoms. The van der Waals surface area contributed by atoms with Crippen LogP contribution in [-0.2, 0) is 11.3 Å². The van der Waals surface area contributed by atoms with Gasteiger partial charge in [-0.15, -0.1) is 0 Å². The molecule has 4 rings (SSSR count). The van der Waals surface area contributed by atoms with E-state index >= 15 is 0 Å². The molecule has 2 aromatic heterocycles. The van der Waals surface area contributed by atoms with Crippen LogP contribution in [0, 0.1) is 0 Å². The lowest BCUT2D eigenvalue weighted by Crippen LogP contribution is -2.31. The average Bonchev–Trinajstić information content (AvgIpc) is 3.33. The number of aromatic nitrogens is 2. The van der Waals surface area contributed by atoms with Crippen LogP contribution in [0.4, 0.5) is 0 Å². The standard InChI is InChI=1S/C21H18ClN3O2/c1-14(21(26)23-13-17-8-5-11-27-17)25-19-10-9-16(22)12-18(19)20(24-25)15-6-3-2-4-7-15/h2-12,14H,13H2,1H3,(H,23,26)/t14-/m1/s1. The van der Waals surface area contributed by atoms with Crippen molar-refractivity contribution < 1.29 is 9.21 Å². The Morgan fingerprint density at radius 3 is 2.74 bits per heavy atom. The minimum absolute atomic E-state index is 0.134. The molecule has 0 saturated heterocycles. The fraction of sp³-hybridized carbons (Fsp3) is 0.143. The Bertz CT molecular complexity index is 1070. The molecule has 0 fully saturated rings. The van der Waals surface area contributed by atoms with Crippen molar-refractivity contribution in [1.29, 1.82) is 0 Å². The van der Waals surface area contributed by atoms with Gasteiger partial charge < -0.3 is 9.73 Å². The van der Waals surface area contributed by atoms with Gasteiger partial charge in [0.15, 0.2) is 0 Å². The van der Waals surface area contributed by atoms with Gasteiger partial charge in [-0.05, 0) is 37.3 Å². The Balaban J connectivity index is 1.69. The van der Waals surface area contributed by atoms with Gasteiger partial charge in [-0.3, -0.25) is 9.48 Å². The Hall–Kier alpha value is -3.05. The molecule has 1 N–H and O–H groups in total. The van der Waals surface area contributed by atoms with Crippen LogP contribution in [0.3, 0.4) is 0 Å². The first-order chi connectivity index (χ1) is 13.1. The zero-order valence-electron chi connectivity index (χ0n) is 14.7. The third-order valence-electron chi connectivity index (χ3n) is 4.48. The number of benzene rings is 2. The van der Waals surface area contributed by atoms with Gasteiger partial charge in [0, 0.05) is 16.0 Å². The van der Waals surface area contributed by atoms with Gasteiger partial charge in [0.2, 0.25) is 5.91 Å². The molecule has 0 aliphatic heterocycles. The highest BCUT2D eigenvalue weighted by Gasteiger charge is 2.21. The number of nitrogens with zero attached hydrogens (tertiary/aromatic N) is 2. The van der Waals surface area contributed by atoms with Gasteiger partial charge in [0.1, 0.15) is 17.5 Å². The van der Waals surface area contributed by atoms with E-state index in [1.807, 2.05) is 61.5 Å². The molecule has 0 unspecified atom stereocenters. The highest BCUT2D eigenvalue weighted by atomic mass is 35.5. The van der Waals surface area contributed by atoms with Crippen LogP contribution >= 0.6 is 11.6 Å². The van der Waals surface area contributed by atoms with Crippen LogP contribution in [0.5, 0.6) is 0 Å². The molecule has 0 spiro atoms. The van der Waals surface area contributed by atoms with Crippen molar-refractivity contribution in [2.75, 3.05) is 0 Å². The van der Waals surface area contributed by atoms with E-state index in [1.54, 1.807) is 17.0 Å². The first-order valence-corrected chi connectivity index (χ1v) is 9.04. The van der Waals surface area contributed by atoms with E-state index in [4.69, 9.17) is 21.1 Å². The molecule has 0 aliphatic rings. The number of hydrogen-bond donors (Lipinski definition) is 1. The summed E-state index contributed by atoms with van der Waals surface area (Å²) in [7, 11) is 0. The van der Waals surface area contributed by atoms with Gasteiger partial charge in [-0.25, -0.2) is 0 Å². The minimum Gasteiger partial charge on any atom is -0.467 e. The number of nitrogens with one attached hydrogen (secondary N) is 1. The summed E-state index contributed by atoms with van der Waals surface area (Å²) in [4.78, 5) is 12.7. The summed E-state index contributed by atoms with van der Waals surface area (Å²) < 4.78 is 7.00. The highest BCUT2D eigenvalue weighted by molar-refractivity contribution is 6.31. The molecule has 4 aromatic rings. The summed E-state index contributed by atoms with van der Waals surface area (Å²) in [6, 6.07) is 18.6. The fourth-order valence-corrected chi connectivity index (χ4v) is 3.24. The molecule has 1 atom stereocenters. The monoisotopic (exact) mass is 379 g/mol. The lowest BCUT2D eigenvalue weighted by atomic mass is 10.1. The van der Waals surface area contributed by atoms with Gasteiger partial charge in [-0.1, -0.05) is 41.9 Å². The summed E-state index contributed by atoms with van der Waals surface area (Å²) in [6.45, 7) is 2.17. The number of carbonyl (C=O) groups is 1. The fourth-order valence-electron chi connectivity index (χ4n) is 3.06. The molecule has 0 radical (unpaired) electrons. The zero-order chi connectivity index (χ0) is 18.8. The van der Waals surface area contributed by atoms with E-state index in [0.717, 1.165) is 22.2 Å². The SMILES string of the molecule is C[C@H](C(=O)NCc1ccco1)n1nc(-c2ccccc2)c2cc(Cl)ccc21. The quantitative estimate of drug-likeness (QED) is 0.540. The van der Waals surface area contributed by atoms with Crippen LogP contribution in [0.1, 0.15) is 18.7 Å². The average molecular weight is 380 g/mol. The molecule has 27 heavy (non-hydrogen) atoms. The van der Waals surface area contributed by atoms with E-state index < -0.39 is 6.04 Å². The van der Waals surface area contributed by atoms with E-state index in [1.165, 1.54) is 0 Å². The third kappa shape index (κ3) is 3.46. The number of halogens is 1. The Morgan fingerprint density at radius 2 is 2.00 bits per heavy atom. The first kappa shape index (κ1) is 17.4. The maximum Gasteiger partial charge on any atom is 0.244 e. The Morgan fingerprint density at radius 1 is 1.19 bits per heavy atom. The van der Waals surface area contributed by atoms with Crippen LogP contribution < -0.4 is 5.32 Å². The lowest BCUT2D eigenvalue weighted by molar-refractivity contribution is -0.124. The number of hydrogen-bond acceptors (Lipinski definition) is 3. The van der Waals surface area contributed by atoms with E-state index in [0.29, 0.717) is 17.3 Å². The second-order valence-electron chi connectivity index (χ2n) is 6.29. The molecule has 2 heterocycles. The van der Waals surface area contributed by atoms with Crippen LogP contribution in [-0.4, -0.2) is 15.7 Å². The normalized spacial score (nSPS) is 12.2. The molecular formula is C21H18ClN3O2. The number of amides is 1. The van der Waals surface area contributed by atoms with Crippen molar-refractivity contribution in [2.24, 2.45) is 0 Å². The smallest absolute Gasteiger partial charge is 0.244 e. The van der Waals surface area contributed by atoms with Crippen molar-refractivity contribution in [3.05, 3.63) is 77.7 Å². The number of rotatable bonds is 5. The predicted octanol–water partition coefficient (Wildman–Crippen LogP) is 4.83.